The molecule has 3 aromatic rings. The van der Waals surface area contributed by atoms with Crippen LogP contribution in [0.5, 0.6) is 11.5 Å². The highest BCUT2D eigenvalue weighted by Crippen LogP contribution is 2.21. The van der Waals surface area contributed by atoms with Crippen molar-refractivity contribution >= 4 is 22.4 Å². The molecule has 0 fully saturated rings. The lowest BCUT2D eigenvalue weighted by atomic mass is 10.1. The van der Waals surface area contributed by atoms with E-state index in [-0.39, 0.29) is 18.6 Å². The molecule has 0 saturated heterocycles. The standard InChI is InChI=1S/C21H21NO3/c1-15(2)25-19-11-8-18(9-12-19)22-21(23)14-24-20-10-7-16-5-3-4-6-17(16)13-20/h3-13,15H,14H2,1-2H3,(H,22,23). The van der Waals surface area contributed by atoms with Crippen molar-refractivity contribution in [1.29, 1.82) is 0 Å². The zero-order valence-corrected chi connectivity index (χ0v) is 14.4. The summed E-state index contributed by atoms with van der Waals surface area (Å²) < 4.78 is 11.2. The van der Waals surface area contributed by atoms with Gasteiger partial charge in [-0.3, -0.25) is 4.79 Å². The van der Waals surface area contributed by atoms with Crippen LogP contribution in [0.2, 0.25) is 0 Å². The van der Waals surface area contributed by atoms with E-state index in [2.05, 4.69) is 5.32 Å². The molecule has 0 radical (unpaired) electrons. The molecule has 25 heavy (non-hydrogen) atoms. The molecule has 0 bridgehead atoms. The Bertz CT molecular complexity index is 856. The molecular formula is C21H21NO3. The van der Waals surface area contributed by atoms with Crippen LogP contribution in [0, 0.1) is 0 Å². The van der Waals surface area contributed by atoms with E-state index in [1.54, 1.807) is 0 Å². The fraction of sp³-hybridized carbons (Fsp3) is 0.190. The van der Waals surface area contributed by atoms with Crippen molar-refractivity contribution in [3.8, 4) is 11.5 Å². The molecule has 0 unspecified atom stereocenters. The monoisotopic (exact) mass is 335 g/mol. The number of hydrogen-bond acceptors (Lipinski definition) is 3. The minimum absolute atomic E-state index is 0.0391. The Kier molecular flexibility index (Phi) is 5.19. The zero-order chi connectivity index (χ0) is 17.6. The van der Waals surface area contributed by atoms with E-state index in [1.807, 2.05) is 80.6 Å². The summed E-state index contributed by atoms with van der Waals surface area (Å²) in [6.07, 6.45) is 0.121. The van der Waals surface area contributed by atoms with Crippen molar-refractivity contribution in [1.82, 2.24) is 0 Å². The van der Waals surface area contributed by atoms with Crippen molar-refractivity contribution in [2.75, 3.05) is 11.9 Å². The lowest BCUT2D eigenvalue weighted by Crippen LogP contribution is -2.20. The number of amides is 1. The Morgan fingerprint density at radius 3 is 2.32 bits per heavy atom. The van der Waals surface area contributed by atoms with Gasteiger partial charge in [-0.05, 0) is 61.0 Å². The van der Waals surface area contributed by atoms with Gasteiger partial charge in [0.1, 0.15) is 11.5 Å². The fourth-order valence-corrected chi connectivity index (χ4v) is 2.49. The number of nitrogens with one attached hydrogen (secondary N) is 1. The first-order chi connectivity index (χ1) is 12.1. The van der Waals surface area contributed by atoms with Crippen molar-refractivity contribution in [2.45, 2.75) is 20.0 Å². The second-order valence-electron chi connectivity index (χ2n) is 6.04. The molecule has 0 aliphatic heterocycles. The molecule has 0 aliphatic carbocycles. The first-order valence-corrected chi connectivity index (χ1v) is 8.28. The molecular weight excluding hydrogens is 314 g/mol. The molecule has 0 aromatic heterocycles. The number of carbonyl (C=O) groups is 1. The van der Waals surface area contributed by atoms with Crippen LogP contribution in [-0.2, 0) is 4.79 Å². The van der Waals surface area contributed by atoms with Gasteiger partial charge in [-0.1, -0.05) is 30.3 Å². The van der Waals surface area contributed by atoms with Gasteiger partial charge in [0.15, 0.2) is 6.61 Å². The van der Waals surface area contributed by atoms with Gasteiger partial charge >= 0.3 is 0 Å². The molecule has 0 heterocycles. The van der Waals surface area contributed by atoms with Crippen LogP contribution in [0.1, 0.15) is 13.8 Å². The first kappa shape index (κ1) is 16.8. The predicted octanol–water partition coefficient (Wildman–Crippen LogP) is 4.64. The summed E-state index contributed by atoms with van der Waals surface area (Å²) >= 11 is 0. The number of benzene rings is 3. The molecule has 3 aromatic carbocycles. The van der Waals surface area contributed by atoms with Gasteiger partial charge in [-0.15, -0.1) is 0 Å². The fourth-order valence-electron chi connectivity index (χ4n) is 2.49. The van der Waals surface area contributed by atoms with E-state index in [0.29, 0.717) is 11.4 Å². The van der Waals surface area contributed by atoms with E-state index in [4.69, 9.17) is 9.47 Å². The van der Waals surface area contributed by atoms with E-state index in [9.17, 15) is 4.79 Å². The lowest BCUT2D eigenvalue weighted by Gasteiger charge is -2.11. The third kappa shape index (κ3) is 4.73. The second kappa shape index (κ2) is 7.71. The topological polar surface area (TPSA) is 47.6 Å². The minimum atomic E-state index is -0.203. The molecule has 4 heteroatoms. The summed E-state index contributed by atoms with van der Waals surface area (Å²) in [5.74, 6) is 1.25. The van der Waals surface area contributed by atoms with Crippen LogP contribution in [0.3, 0.4) is 0 Å². The van der Waals surface area contributed by atoms with Crippen molar-refractivity contribution in [3.05, 3.63) is 66.7 Å². The second-order valence-corrected chi connectivity index (χ2v) is 6.04. The molecule has 1 amide bonds. The molecule has 0 saturated carbocycles. The average Bonchev–Trinajstić information content (AvgIpc) is 2.61. The largest absolute Gasteiger partial charge is 0.491 e. The first-order valence-electron chi connectivity index (χ1n) is 8.28. The van der Waals surface area contributed by atoms with E-state index < -0.39 is 0 Å². The Morgan fingerprint density at radius 1 is 0.920 bits per heavy atom. The van der Waals surface area contributed by atoms with Crippen LogP contribution in [-0.4, -0.2) is 18.6 Å². The molecule has 1 N–H and O–H groups in total. The molecule has 3 rings (SSSR count). The molecule has 0 atom stereocenters. The van der Waals surface area contributed by atoms with Gasteiger partial charge in [0.05, 0.1) is 6.10 Å². The minimum Gasteiger partial charge on any atom is -0.491 e. The number of rotatable bonds is 6. The quantitative estimate of drug-likeness (QED) is 0.713. The van der Waals surface area contributed by atoms with Crippen LogP contribution in [0.25, 0.3) is 10.8 Å². The van der Waals surface area contributed by atoms with E-state index >= 15 is 0 Å². The summed E-state index contributed by atoms with van der Waals surface area (Å²) in [5.41, 5.74) is 0.711. The Balaban J connectivity index is 1.55. The van der Waals surface area contributed by atoms with Gasteiger partial charge in [-0.25, -0.2) is 0 Å². The Morgan fingerprint density at radius 2 is 1.60 bits per heavy atom. The highest BCUT2D eigenvalue weighted by molar-refractivity contribution is 5.92. The van der Waals surface area contributed by atoms with Gasteiger partial charge in [0.2, 0.25) is 0 Å². The van der Waals surface area contributed by atoms with Crippen molar-refractivity contribution in [3.63, 3.8) is 0 Å². The van der Waals surface area contributed by atoms with Crippen LogP contribution in [0.4, 0.5) is 5.69 Å². The van der Waals surface area contributed by atoms with Gasteiger partial charge in [-0.2, -0.15) is 0 Å². The third-order valence-electron chi connectivity index (χ3n) is 3.60. The number of hydrogen-bond donors (Lipinski definition) is 1. The number of anilines is 1. The normalized spacial score (nSPS) is 10.7. The summed E-state index contributed by atoms with van der Waals surface area (Å²) in [4.78, 5) is 12.0. The average molecular weight is 335 g/mol. The van der Waals surface area contributed by atoms with Crippen LogP contribution in [0.15, 0.2) is 66.7 Å². The van der Waals surface area contributed by atoms with Crippen molar-refractivity contribution in [2.24, 2.45) is 0 Å². The van der Waals surface area contributed by atoms with Gasteiger partial charge < -0.3 is 14.8 Å². The van der Waals surface area contributed by atoms with Crippen molar-refractivity contribution < 1.29 is 14.3 Å². The maximum absolute atomic E-state index is 12.0. The maximum atomic E-state index is 12.0. The number of fused-ring (bicyclic) bond motifs is 1. The smallest absolute Gasteiger partial charge is 0.262 e. The highest BCUT2D eigenvalue weighted by atomic mass is 16.5. The lowest BCUT2D eigenvalue weighted by molar-refractivity contribution is -0.118. The SMILES string of the molecule is CC(C)Oc1ccc(NC(=O)COc2ccc3ccccc3c2)cc1. The molecule has 0 spiro atoms. The van der Waals surface area contributed by atoms with Gasteiger partial charge in [0, 0.05) is 5.69 Å². The summed E-state index contributed by atoms with van der Waals surface area (Å²) in [7, 11) is 0. The van der Waals surface area contributed by atoms with Gasteiger partial charge in [0.25, 0.3) is 5.91 Å². The Labute approximate surface area is 147 Å². The summed E-state index contributed by atoms with van der Waals surface area (Å²) in [5, 5.41) is 5.04. The third-order valence-corrected chi connectivity index (χ3v) is 3.60. The summed E-state index contributed by atoms with van der Waals surface area (Å²) in [6.45, 7) is 3.90. The number of carbonyl (C=O) groups excluding carboxylic acids is 1. The Hall–Kier alpha value is -3.01. The van der Waals surface area contributed by atoms with Crippen LogP contribution >= 0.6 is 0 Å². The molecule has 128 valence electrons. The van der Waals surface area contributed by atoms with Crippen LogP contribution < -0.4 is 14.8 Å². The summed E-state index contributed by atoms with van der Waals surface area (Å²) in [6, 6.07) is 21.1. The predicted molar refractivity (Wildman–Crippen MR) is 100 cm³/mol. The van der Waals surface area contributed by atoms with E-state index in [0.717, 1.165) is 16.5 Å². The van der Waals surface area contributed by atoms with E-state index in [1.165, 1.54) is 0 Å². The highest BCUT2D eigenvalue weighted by Gasteiger charge is 2.05. The zero-order valence-electron chi connectivity index (χ0n) is 14.4. The maximum Gasteiger partial charge on any atom is 0.262 e. The molecule has 4 nitrogen and oxygen atoms in total. The molecule has 0 aliphatic rings. The number of ether oxygens (including phenoxy) is 2.